The van der Waals surface area contributed by atoms with Gasteiger partial charge in [0.2, 0.25) is 0 Å². The predicted molar refractivity (Wildman–Crippen MR) is 101 cm³/mol. The molecule has 5 nitrogen and oxygen atoms in total. The minimum absolute atomic E-state index is 0.0466. The third kappa shape index (κ3) is 5.85. The van der Waals surface area contributed by atoms with E-state index in [4.69, 9.17) is 0 Å². The SMILES string of the molecule is CNCC1CCN(C(=O)c2ccc(C(=O)NCC(C)(C)C)cc2)CC1. The van der Waals surface area contributed by atoms with Gasteiger partial charge in [-0.15, -0.1) is 0 Å². The molecule has 0 aromatic heterocycles. The Bertz CT molecular complexity index is 582. The van der Waals surface area contributed by atoms with Gasteiger partial charge >= 0.3 is 0 Å². The zero-order chi connectivity index (χ0) is 18.4. The highest BCUT2D eigenvalue weighted by Gasteiger charge is 2.23. The molecule has 1 fully saturated rings. The molecule has 1 aliphatic heterocycles. The van der Waals surface area contributed by atoms with E-state index in [0.29, 0.717) is 23.6 Å². The van der Waals surface area contributed by atoms with Crippen molar-refractivity contribution in [3.8, 4) is 0 Å². The summed E-state index contributed by atoms with van der Waals surface area (Å²) in [7, 11) is 1.97. The number of nitrogens with one attached hydrogen (secondary N) is 2. The summed E-state index contributed by atoms with van der Waals surface area (Å²) in [5, 5.41) is 6.14. The largest absolute Gasteiger partial charge is 0.352 e. The average molecular weight is 345 g/mol. The summed E-state index contributed by atoms with van der Waals surface area (Å²) < 4.78 is 0. The molecule has 2 rings (SSSR count). The molecule has 25 heavy (non-hydrogen) atoms. The second kappa shape index (κ2) is 8.48. The molecule has 0 saturated carbocycles. The first kappa shape index (κ1) is 19.4. The fourth-order valence-corrected chi connectivity index (χ4v) is 3.02. The monoisotopic (exact) mass is 345 g/mol. The van der Waals surface area contributed by atoms with E-state index in [1.54, 1.807) is 24.3 Å². The highest BCUT2D eigenvalue weighted by molar-refractivity contribution is 5.97. The normalized spacial score (nSPS) is 15.9. The van der Waals surface area contributed by atoms with Crippen LogP contribution in [0, 0.1) is 11.3 Å². The van der Waals surface area contributed by atoms with Crippen LogP contribution in [0.25, 0.3) is 0 Å². The molecule has 1 aromatic rings. The summed E-state index contributed by atoms with van der Waals surface area (Å²) in [6.45, 7) is 9.48. The smallest absolute Gasteiger partial charge is 0.253 e. The van der Waals surface area contributed by atoms with Crippen LogP contribution in [-0.2, 0) is 0 Å². The van der Waals surface area contributed by atoms with Crippen LogP contribution in [0.5, 0.6) is 0 Å². The fourth-order valence-electron chi connectivity index (χ4n) is 3.02. The second-order valence-corrected chi connectivity index (χ2v) is 8.11. The minimum Gasteiger partial charge on any atom is -0.352 e. The quantitative estimate of drug-likeness (QED) is 0.862. The molecule has 1 heterocycles. The third-order valence-corrected chi connectivity index (χ3v) is 4.57. The maximum atomic E-state index is 12.6. The Kier molecular flexibility index (Phi) is 6.59. The van der Waals surface area contributed by atoms with Crippen LogP contribution in [0.1, 0.15) is 54.3 Å². The van der Waals surface area contributed by atoms with Crippen LogP contribution in [-0.4, -0.2) is 49.9 Å². The fraction of sp³-hybridized carbons (Fsp3) is 0.600. The minimum atomic E-state index is -0.0956. The molecule has 138 valence electrons. The number of nitrogens with zero attached hydrogens (tertiary/aromatic N) is 1. The van der Waals surface area contributed by atoms with E-state index in [9.17, 15) is 9.59 Å². The van der Waals surface area contributed by atoms with Gasteiger partial charge in [0.05, 0.1) is 0 Å². The zero-order valence-corrected chi connectivity index (χ0v) is 15.9. The van der Waals surface area contributed by atoms with Crippen LogP contribution >= 0.6 is 0 Å². The maximum absolute atomic E-state index is 12.6. The van der Waals surface area contributed by atoms with Crippen molar-refractivity contribution in [3.05, 3.63) is 35.4 Å². The average Bonchev–Trinajstić information content (AvgIpc) is 2.59. The molecule has 1 saturated heterocycles. The number of amides is 2. The molecular weight excluding hydrogens is 314 g/mol. The van der Waals surface area contributed by atoms with Gasteiger partial charge in [-0.2, -0.15) is 0 Å². The number of hydrogen-bond donors (Lipinski definition) is 2. The number of rotatable bonds is 5. The first-order valence-electron chi connectivity index (χ1n) is 9.12. The lowest BCUT2D eigenvalue weighted by Crippen LogP contribution is -2.40. The third-order valence-electron chi connectivity index (χ3n) is 4.57. The molecule has 1 aliphatic rings. The van der Waals surface area contributed by atoms with E-state index in [-0.39, 0.29) is 17.2 Å². The Labute approximate surface area is 151 Å². The van der Waals surface area contributed by atoms with E-state index in [0.717, 1.165) is 32.5 Å². The van der Waals surface area contributed by atoms with Gasteiger partial charge in [-0.05, 0) is 62.0 Å². The van der Waals surface area contributed by atoms with Crippen molar-refractivity contribution in [2.75, 3.05) is 33.2 Å². The van der Waals surface area contributed by atoms with Crippen molar-refractivity contribution < 1.29 is 9.59 Å². The zero-order valence-electron chi connectivity index (χ0n) is 15.9. The summed E-state index contributed by atoms with van der Waals surface area (Å²) >= 11 is 0. The summed E-state index contributed by atoms with van der Waals surface area (Å²) in [5.41, 5.74) is 1.29. The van der Waals surface area contributed by atoms with Crippen LogP contribution in [0.4, 0.5) is 0 Å². The molecule has 1 aromatic carbocycles. The maximum Gasteiger partial charge on any atom is 0.253 e. The molecule has 5 heteroatoms. The predicted octanol–water partition coefficient (Wildman–Crippen LogP) is 2.53. The first-order valence-corrected chi connectivity index (χ1v) is 9.12. The lowest BCUT2D eigenvalue weighted by Gasteiger charge is -2.32. The van der Waals surface area contributed by atoms with Crippen LogP contribution in [0.15, 0.2) is 24.3 Å². The van der Waals surface area contributed by atoms with Gasteiger partial charge < -0.3 is 15.5 Å². The van der Waals surface area contributed by atoms with E-state index in [2.05, 4.69) is 31.4 Å². The summed E-state index contributed by atoms with van der Waals surface area (Å²) in [6, 6.07) is 6.99. The Balaban J connectivity index is 1.91. The molecule has 0 bridgehead atoms. The molecular formula is C20H31N3O2. The van der Waals surface area contributed by atoms with Crippen molar-refractivity contribution in [1.29, 1.82) is 0 Å². The second-order valence-electron chi connectivity index (χ2n) is 8.11. The molecule has 0 spiro atoms. The van der Waals surface area contributed by atoms with Crippen LogP contribution in [0.3, 0.4) is 0 Å². The van der Waals surface area contributed by atoms with Gasteiger partial charge in [0.15, 0.2) is 0 Å². The highest BCUT2D eigenvalue weighted by Crippen LogP contribution is 2.19. The Morgan fingerprint density at radius 1 is 1.08 bits per heavy atom. The molecule has 0 aliphatic carbocycles. The van der Waals surface area contributed by atoms with E-state index >= 15 is 0 Å². The van der Waals surface area contributed by atoms with Crippen LogP contribution < -0.4 is 10.6 Å². The summed E-state index contributed by atoms with van der Waals surface area (Å²) in [4.78, 5) is 26.7. The number of carbonyl (C=O) groups excluding carboxylic acids is 2. The Hall–Kier alpha value is -1.88. The van der Waals surface area contributed by atoms with Crippen molar-refractivity contribution >= 4 is 11.8 Å². The standard InChI is InChI=1S/C20H31N3O2/c1-20(2,3)14-22-18(24)16-5-7-17(8-6-16)19(25)23-11-9-15(10-12-23)13-21-4/h5-8,15,21H,9-14H2,1-4H3,(H,22,24). The molecule has 2 amide bonds. The summed E-state index contributed by atoms with van der Waals surface area (Å²) in [6.07, 6.45) is 2.08. The Morgan fingerprint density at radius 3 is 2.16 bits per heavy atom. The van der Waals surface area contributed by atoms with Crippen molar-refractivity contribution in [3.63, 3.8) is 0 Å². The molecule has 2 N–H and O–H groups in total. The number of carbonyl (C=O) groups is 2. The van der Waals surface area contributed by atoms with Gasteiger partial charge in [0.25, 0.3) is 11.8 Å². The number of likely N-dealkylation sites (tertiary alicyclic amines) is 1. The summed E-state index contributed by atoms with van der Waals surface area (Å²) in [5.74, 6) is 0.620. The van der Waals surface area contributed by atoms with Gasteiger partial charge in [-0.1, -0.05) is 20.8 Å². The lowest BCUT2D eigenvalue weighted by molar-refractivity contribution is 0.0690. The van der Waals surface area contributed by atoms with Gasteiger partial charge in [-0.3, -0.25) is 9.59 Å². The molecule has 0 radical (unpaired) electrons. The Morgan fingerprint density at radius 2 is 1.64 bits per heavy atom. The molecule has 0 atom stereocenters. The van der Waals surface area contributed by atoms with Crippen molar-refractivity contribution in [1.82, 2.24) is 15.5 Å². The van der Waals surface area contributed by atoms with Gasteiger partial charge in [0.1, 0.15) is 0 Å². The molecule has 0 unspecified atom stereocenters. The first-order chi connectivity index (χ1) is 11.8. The topological polar surface area (TPSA) is 61.4 Å². The van der Waals surface area contributed by atoms with Gasteiger partial charge in [0, 0.05) is 30.8 Å². The van der Waals surface area contributed by atoms with Crippen LogP contribution in [0.2, 0.25) is 0 Å². The van der Waals surface area contributed by atoms with Crippen molar-refractivity contribution in [2.24, 2.45) is 11.3 Å². The van der Waals surface area contributed by atoms with Crippen molar-refractivity contribution in [2.45, 2.75) is 33.6 Å². The number of benzene rings is 1. The van der Waals surface area contributed by atoms with Gasteiger partial charge in [-0.25, -0.2) is 0 Å². The number of hydrogen-bond acceptors (Lipinski definition) is 3. The van der Waals surface area contributed by atoms with E-state index < -0.39 is 0 Å². The van der Waals surface area contributed by atoms with E-state index in [1.807, 2.05) is 11.9 Å². The lowest BCUT2D eigenvalue weighted by atomic mass is 9.96. The number of piperidine rings is 1. The highest BCUT2D eigenvalue weighted by atomic mass is 16.2. The van der Waals surface area contributed by atoms with E-state index in [1.165, 1.54) is 0 Å².